The Hall–Kier alpha value is -2.47. The van der Waals surface area contributed by atoms with E-state index in [0.29, 0.717) is 17.7 Å². The number of nitrogens with zero attached hydrogens (tertiary/aromatic N) is 2. The third-order valence-electron chi connectivity index (χ3n) is 5.62. The van der Waals surface area contributed by atoms with E-state index in [2.05, 4.69) is 28.3 Å². The molecule has 0 bridgehead atoms. The summed E-state index contributed by atoms with van der Waals surface area (Å²) in [5.41, 5.74) is 4.31. The molecule has 1 saturated heterocycles. The van der Waals surface area contributed by atoms with Crippen LogP contribution in [0, 0.1) is 0 Å². The molecule has 1 aliphatic heterocycles. The second-order valence-corrected chi connectivity index (χ2v) is 7.71. The van der Waals surface area contributed by atoms with Gasteiger partial charge in [-0.2, -0.15) is 0 Å². The van der Waals surface area contributed by atoms with Crippen molar-refractivity contribution in [3.63, 3.8) is 0 Å². The number of aromatic carboxylic acids is 1. The summed E-state index contributed by atoms with van der Waals surface area (Å²) in [4.78, 5) is 20.6. The standard InChI is InChI=1S/C22H27N3O3/c1-2-4-17-16(14-9-11-28-12-10-14)5-3-6-18(17)25-21-20(22(26)27)24-19(13-23-21)15-7-8-15/h3,5-6,13-15H,2,4,7-12H2,1H3,(H,23,25)(H,26,27). The second-order valence-electron chi connectivity index (χ2n) is 7.71. The van der Waals surface area contributed by atoms with Crippen LogP contribution in [0.1, 0.15) is 78.2 Å². The molecule has 6 nitrogen and oxygen atoms in total. The van der Waals surface area contributed by atoms with E-state index in [1.54, 1.807) is 6.20 Å². The molecule has 0 atom stereocenters. The Balaban J connectivity index is 1.68. The highest BCUT2D eigenvalue weighted by atomic mass is 16.5. The molecule has 0 unspecified atom stereocenters. The highest BCUT2D eigenvalue weighted by molar-refractivity contribution is 5.92. The van der Waals surface area contributed by atoms with E-state index >= 15 is 0 Å². The van der Waals surface area contributed by atoms with Gasteiger partial charge in [0.2, 0.25) is 0 Å². The first-order valence-electron chi connectivity index (χ1n) is 10.2. The van der Waals surface area contributed by atoms with Crippen molar-refractivity contribution < 1.29 is 14.6 Å². The van der Waals surface area contributed by atoms with Crippen molar-refractivity contribution in [2.24, 2.45) is 0 Å². The Bertz CT molecular complexity index is 858. The van der Waals surface area contributed by atoms with Crippen molar-refractivity contribution in [1.82, 2.24) is 9.97 Å². The quantitative estimate of drug-likeness (QED) is 0.727. The van der Waals surface area contributed by atoms with E-state index in [0.717, 1.165) is 63.1 Å². The zero-order valence-corrected chi connectivity index (χ0v) is 16.3. The van der Waals surface area contributed by atoms with E-state index in [-0.39, 0.29) is 5.69 Å². The SMILES string of the molecule is CCCc1c(Nc2ncc(C3CC3)nc2C(=O)O)cccc1C1CCOCC1. The van der Waals surface area contributed by atoms with Crippen LogP contribution in [0.4, 0.5) is 11.5 Å². The average molecular weight is 381 g/mol. The molecular weight excluding hydrogens is 354 g/mol. The molecule has 4 rings (SSSR count). The van der Waals surface area contributed by atoms with Crippen LogP contribution in [-0.2, 0) is 11.2 Å². The van der Waals surface area contributed by atoms with Gasteiger partial charge in [-0.3, -0.25) is 0 Å². The lowest BCUT2D eigenvalue weighted by atomic mass is 9.86. The molecule has 148 valence electrons. The minimum absolute atomic E-state index is 0.00307. The van der Waals surface area contributed by atoms with Crippen LogP contribution in [0.5, 0.6) is 0 Å². The fraction of sp³-hybridized carbons (Fsp3) is 0.500. The minimum atomic E-state index is -1.05. The molecule has 1 aromatic carbocycles. The normalized spacial score (nSPS) is 17.5. The first-order chi connectivity index (χ1) is 13.7. The Labute approximate surface area is 165 Å². The third kappa shape index (κ3) is 4.02. The molecule has 0 spiro atoms. The van der Waals surface area contributed by atoms with Gasteiger partial charge in [-0.25, -0.2) is 14.8 Å². The molecule has 0 amide bonds. The predicted molar refractivity (Wildman–Crippen MR) is 107 cm³/mol. The number of anilines is 2. The first kappa shape index (κ1) is 18.9. The van der Waals surface area contributed by atoms with E-state index < -0.39 is 5.97 Å². The smallest absolute Gasteiger partial charge is 0.358 e. The number of ether oxygens (including phenoxy) is 1. The van der Waals surface area contributed by atoms with Crippen LogP contribution in [0.15, 0.2) is 24.4 Å². The first-order valence-corrected chi connectivity index (χ1v) is 10.2. The van der Waals surface area contributed by atoms with Gasteiger partial charge in [0.05, 0.1) is 11.9 Å². The molecule has 1 aliphatic carbocycles. The van der Waals surface area contributed by atoms with Crippen LogP contribution >= 0.6 is 0 Å². The zero-order valence-electron chi connectivity index (χ0n) is 16.3. The number of hydrogen-bond donors (Lipinski definition) is 2. The topological polar surface area (TPSA) is 84.3 Å². The van der Waals surface area contributed by atoms with Crippen LogP contribution in [-0.4, -0.2) is 34.3 Å². The van der Waals surface area contributed by atoms with Gasteiger partial charge in [0, 0.05) is 24.8 Å². The summed E-state index contributed by atoms with van der Waals surface area (Å²) >= 11 is 0. The fourth-order valence-electron chi connectivity index (χ4n) is 3.99. The van der Waals surface area contributed by atoms with Crippen LogP contribution in [0.25, 0.3) is 0 Å². The van der Waals surface area contributed by atoms with Crippen molar-refractivity contribution in [3.8, 4) is 0 Å². The lowest BCUT2D eigenvalue weighted by Crippen LogP contribution is -2.16. The highest BCUT2D eigenvalue weighted by Crippen LogP contribution is 2.39. The number of carbonyl (C=O) groups is 1. The molecule has 1 aromatic heterocycles. The molecule has 2 N–H and O–H groups in total. The number of rotatable bonds is 7. The Kier molecular flexibility index (Phi) is 5.57. The van der Waals surface area contributed by atoms with Crippen molar-refractivity contribution >= 4 is 17.5 Å². The maximum absolute atomic E-state index is 11.8. The lowest BCUT2D eigenvalue weighted by Gasteiger charge is -2.26. The van der Waals surface area contributed by atoms with Crippen LogP contribution in [0.2, 0.25) is 0 Å². The maximum atomic E-state index is 11.8. The summed E-state index contributed by atoms with van der Waals surface area (Å²) in [5.74, 6) is 0.125. The van der Waals surface area contributed by atoms with E-state index in [1.807, 2.05) is 12.1 Å². The number of hydrogen-bond acceptors (Lipinski definition) is 5. The molecule has 2 aromatic rings. The van der Waals surface area contributed by atoms with Gasteiger partial charge in [-0.05, 0) is 55.2 Å². The summed E-state index contributed by atoms with van der Waals surface area (Å²) in [7, 11) is 0. The molecular formula is C22H27N3O3. The van der Waals surface area contributed by atoms with Crippen molar-refractivity contribution in [3.05, 3.63) is 46.9 Å². The molecule has 2 aliphatic rings. The van der Waals surface area contributed by atoms with E-state index in [1.165, 1.54) is 11.1 Å². The Morgan fingerprint density at radius 3 is 2.68 bits per heavy atom. The minimum Gasteiger partial charge on any atom is -0.476 e. The van der Waals surface area contributed by atoms with Gasteiger partial charge >= 0.3 is 5.97 Å². The summed E-state index contributed by atoms with van der Waals surface area (Å²) in [6.07, 6.45) is 7.85. The van der Waals surface area contributed by atoms with E-state index in [4.69, 9.17) is 4.74 Å². The number of aromatic nitrogens is 2. The second kappa shape index (κ2) is 8.27. The molecule has 6 heteroatoms. The van der Waals surface area contributed by atoms with Crippen molar-refractivity contribution in [1.29, 1.82) is 0 Å². The molecule has 2 heterocycles. The molecule has 1 saturated carbocycles. The van der Waals surface area contributed by atoms with Crippen LogP contribution < -0.4 is 5.32 Å². The summed E-state index contributed by atoms with van der Waals surface area (Å²) in [6.45, 7) is 3.76. The lowest BCUT2D eigenvalue weighted by molar-refractivity contribution is 0.0691. The number of nitrogens with one attached hydrogen (secondary N) is 1. The van der Waals surface area contributed by atoms with Gasteiger partial charge < -0.3 is 15.2 Å². The summed E-state index contributed by atoms with van der Waals surface area (Å²) in [5, 5.41) is 12.9. The van der Waals surface area contributed by atoms with Crippen LogP contribution in [0.3, 0.4) is 0 Å². The largest absolute Gasteiger partial charge is 0.476 e. The third-order valence-corrected chi connectivity index (χ3v) is 5.62. The zero-order chi connectivity index (χ0) is 19.5. The molecule has 2 fully saturated rings. The summed E-state index contributed by atoms with van der Waals surface area (Å²) in [6, 6.07) is 6.25. The number of carboxylic acid groups (broad SMARTS) is 1. The number of carboxylic acids is 1. The molecule has 0 radical (unpaired) electrons. The van der Waals surface area contributed by atoms with E-state index in [9.17, 15) is 9.90 Å². The predicted octanol–water partition coefficient (Wildman–Crippen LogP) is 4.64. The maximum Gasteiger partial charge on any atom is 0.358 e. The van der Waals surface area contributed by atoms with Gasteiger partial charge in [0.25, 0.3) is 0 Å². The van der Waals surface area contributed by atoms with Gasteiger partial charge in [-0.15, -0.1) is 0 Å². The Morgan fingerprint density at radius 1 is 1.21 bits per heavy atom. The molecule has 28 heavy (non-hydrogen) atoms. The monoisotopic (exact) mass is 381 g/mol. The summed E-state index contributed by atoms with van der Waals surface area (Å²) < 4.78 is 5.53. The van der Waals surface area contributed by atoms with Crippen molar-refractivity contribution in [2.75, 3.05) is 18.5 Å². The van der Waals surface area contributed by atoms with Crippen molar-refractivity contribution in [2.45, 2.75) is 57.3 Å². The van der Waals surface area contributed by atoms with Gasteiger partial charge in [0.15, 0.2) is 11.5 Å². The average Bonchev–Trinajstić information content (AvgIpc) is 3.55. The highest BCUT2D eigenvalue weighted by Gasteiger charge is 2.28. The van der Waals surface area contributed by atoms with Gasteiger partial charge in [-0.1, -0.05) is 25.5 Å². The Morgan fingerprint density at radius 2 is 2.00 bits per heavy atom. The van der Waals surface area contributed by atoms with Gasteiger partial charge in [0.1, 0.15) is 0 Å². The number of benzene rings is 1. The fourth-order valence-corrected chi connectivity index (χ4v) is 3.99.